The maximum atomic E-state index is 13.8. The van der Waals surface area contributed by atoms with E-state index in [0.29, 0.717) is 0 Å². The van der Waals surface area contributed by atoms with Crippen LogP contribution < -0.4 is 0 Å². The summed E-state index contributed by atoms with van der Waals surface area (Å²) in [5, 5.41) is 48.0. The molecule has 0 spiro atoms. The zero-order valence-electron chi connectivity index (χ0n) is 25.9. The second kappa shape index (κ2) is 11.0. The van der Waals surface area contributed by atoms with Crippen molar-refractivity contribution in [3.05, 3.63) is 59.4 Å². The van der Waals surface area contributed by atoms with Crippen LogP contribution in [0.15, 0.2) is 53.8 Å². The van der Waals surface area contributed by atoms with Crippen LogP contribution >= 0.6 is 0 Å². The Kier molecular flexibility index (Phi) is 8.32. The summed E-state index contributed by atoms with van der Waals surface area (Å²) in [5.41, 5.74) is -13.5. The van der Waals surface area contributed by atoms with E-state index in [0.717, 1.165) is 0 Å². The van der Waals surface area contributed by atoms with Gasteiger partial charge in [0.2, 0.25) is 0 Å². The topological polar surface area (TPSA) is 169 Å². The first-order valence-corrected chi connectivity index (χ1v) is 16.2. The van der Waals surface area contributed by atoms with Crippen LogP contribution in [-0.2, 0) is 28.5 Å². The normalized spacial score (nSPS) is 40.4. The Morgan fingerprint density at radius 1 is 1.11 bits per heavy atom. The number of carbonyl (C=O) groups is 1. The van der Waals surface area contributed by atoms with E-state index < -0.39 is 99.0 Å². The zero-order valence-corrected chi connectivity index (χ0v) is 26.8. The van der Waals surface area contributed by atoms with Crippen LogP contribution in [0, 0.1) is 16.7 Å². The molecule has 0 radical (unpaired) electrons. The average Bonchev–Trinajstić information content (AvgIpc) is 2.94. The number of aliphatic hydroxyl groups excluding tert-OH is 3. The van der Waals surface area contributed by atoms with Gasteiger partial charge in [-0.05, 0) is 37.1 Å². The van der Waals surface area contributed by atoms with E-state index in [1.54, 1.807) is 18.2 Å². The lowest BCUT2D eigenvalue weighted by atomic mass is 9.44. The molecule has 5 rings (SSSR count). The van der Waals surface area contributed by atoms with Gasteiger partial charge in [-0.2, -0.15) is 21.6 Å². The number of aliphatic hydroxyl groups is 4. The summed E-state index contributed by atoms with van der Waals surface area (Å²) in [5.74, 6) is -2.50. The predicted octanol–water partition coefficient (Wildman–Crippen LogP) is 2.73. The third-order valence-corrected chi connectivity index (χ3v) is 11.8. The number of hydrogen-bond donors (Lipinski definition) is 4. The summed E-state index contributed by atoms with van der Waals surface area (Å²) in [6.07, 6.45) is -11.6. The van der Waals surface area contributed by atoms with Crippen molar-refractivity contribution in [3.8, 4) is 0 Å². The Hall–Kier alpha value is -2.53. The molecule has 1 unspecified atom stereocenters. The van der Waals surface area contributed by atoms with Crippen molar-refractivity contribution in [3.63, 3.8) is 0 Å². The van der Waals surface area contributed by atoms with Crippen molar-refractivity contribution in [2.24, 2.45) is 16.7 Å². The second-order valence-electron chi connectivity index (χ2n) is 13.6. The molecular formula is C31H39F3O11S. The smallest absolute Gasteiger partial charge is 0.487 e. The lowest BCUT2D eigenvalue weighted by molar-refractivity contribution is -0.364. The third-order valence-electron chi connectivity index (χ3n) is 10.7. The van der Waals surface area contributed by atoms with Crippen molar-refractivity contribution in [1.29, 1.82) is 0 Å². The summed E-state index contributed by atoms with van der Waals surface area (Å²) in [4.78, 5) is 13.8. The minimum absolute atomic E-state index is 0.0380. The molecule has 2 saturated carbocycles. The Labute approximate surface area is 264 Å². The first kappa shape index (κ1) is 34.8. The highest BCUT2D eigenvalue weighted by molar-refractivity contribution is 7.87. The molecule has 256 valence electrons. The molecule has 2 bridgehead atoms. The number of esters is 1. The molecule has 46 heavy (non-hydrogen) atoms. The fraction of sp³-hybridized carbons (Fsp3) is 0.645. The molecule has 4 N–H and O–H groups in total. The monoisotopic (exact) mass is 676 g/mol. The SMILES string of the molecule is C=C(C)O[C@@]12COC1C[C@H](OS(=O)(=O)C(F)(F)F)[C@@]1(C)[C@H](O)[C@H](O)C3=C(C)[C@@H](O)C[C@@](O)([C@@H](OC(=O)c4ccccc4)[C@@H]12)C3(C)C. The highest BCUT2D eigenvalue weighted by Gasteiger charge is 2.78. The number of hydrogen-bond acceptors (Lipinski definition) is 11. The predicted molar refractivity (Wildman–Crippen MR) is 154 cm³/mol. The lowest BCUT2D eigenvalue weighted by Crippen LogP contribution is -2.82. The van der Waals surface area contributed by atoms with Gasteiger partial charge in [0.05, 0.1) is 42.2 Å². The highest BCUT2D eigenvalue weighted by atomic mass is 32.2. The van der Waals surface area contributed by atoms with E-state index in [1.165, 1.54) is 46.8 Å². The molecule has 1 heterocycles. The first-order valence-electron chi connectivity index (χ1n) is 14.8. The average molecular weight is 677 g/mol. The fourth-order valence-corrected chi connectivity index (χ4v) is 8.97. The molecule has 1 aliphatic heterocycles. The molecule has 1 saturated heterocycles. The second-order valence-corrected chi connectivity index (χ2v) is 15.1. The molecule has 3 fully saturated rings. The van der Waals surface area contributed by atoms with Crippen molar-refractivity contribution in [2.75, 3.05) is 6.61 Å². The van der Waals surface area contributed by atoms with E-state index in [2.05, 4.69) is 6.58 Å². The minimum atomic E-state index is -6.30. The maximum absolute atomic E-state index is 13.8. The molecule has 1 aromatic rings. The van der Waals surface area contributed by atoms with Gasteiger partial charge >= 0.3 is 21.6 Å². The first-order chi connectivity index (χ1) is 21.1. The Morgan fingerprint density at radius 2 is 1.72 bits per heavy atom. The summed E-state index contributed by atoms with van der Waals surface area (Å²) >= 11 is 0. The van der Waals surface area contributed by atoms with Crippen LogP contribution in [0.1, 0.15) is 57.8 Å². The van der Waals surface area contributed by atoms with Gasteiger partial charge < -0.3 is 34.6 Å². The number of carbonyl (C=O) groups excluding carboxylic acids is 1. The molecule has 0 aromatic heterocycles. The molecule has 3 aliphatic carbocycles. The van der Waals surface area contributed by atoms with Crippen molar-refractivity contribution in [2.45, 2.75) is 101 Å². The van der Waals surface area contributed by atoms with Gasteiger partial charge in [-0.3, -0.25) is 4.18 Å². The van der Waals surface area contributed by atoms with Gasteiger partial charge in [-0.15, -0.1) is 0 Å². The van der Waals surface area contributed by atoms with Crippen LogP contribution in [0.5, 0.6) is 0 Å². The summed E-state index contributed by atoms with van der Waals surface area (Å²) in [6.45, 7) is 10.7. The number of fused-ring (bicyclic) bond motifs is 5. The molecule has 10 atom stereocenters. The largest absolute Gasteiger partial charge is 0.523 e. The van der Waals surface area contributed by atoms with Crippen LogP contribution in [0.3, 0.4) is 0 Å². The number of halogens is 3. The quantitative estimate of drug-likeness (QED) is 0.115. The van der Waals surface area contributed by atoms with Gasteiger partial charge in [0, 0.05) is 23.7 Å². The van der Waals surface area contributed by atoms with Crippen molar-refractivity contribution < 1.29 is 65.2 Å². The van der Waals surface area contributed by atoms with E-state index in [-0.39, 0.29) is 29.1 Å². The third kappa shape index (κ3) is 4.84. The van der Waals surface area contributed by atoms with Crippen LogP contribution in [0.2, 0.25) is 0 Å². The maximum Gasteiger partial charge on any atom is 0.523 e. The Morgan fingerprint density at radius 3 is 2.24 bits per heavy atom. The number of rotatable bonds is 6. The summed E-state index contributed by atoms with van der Waals surface area (Å²) in [7, 11) is -6.30. The summed E-state index contributed by atoms with van der Waals surface area (Å²) in [6, 6.07) is 7.62. The number of alkyl halides is 3. The zero-order chi connectivity index (χ0) is 34.4. The molecule has 11 nitrogen and oxygen atoms in total. The lowest BCUT2D eigenvalue weighted by Gasteiger charge is -2.69. The van der Waals surface area contributed by atoms with Crippen molar-refractivity contribution in [1.82, 2.24) is 0 Å². The van der Waals surface area contributed by atoms with Gasteiger partial charge in [-0.25, -0.2) is 4.79 Å². The van der Waals surface area contributed by atoms with Crippen molar-refractivity contribution >= 4 is 16.1 Å². The van der Waals surface area contributed by atoms with E-state index in [4.69, 9.17) is 18.4 Å². The molecule has 15 heteroatoms. The standard InChI is InChI=1S/C31H39F3O11S/c1-15(2)44-29-14-42-20(29)12-19(45-46(40,41)31(32,33)34)28(6)23(29)25(43-26(38)17-10-8-7-9-11-17)30(39)13-18(35)16(3)21(27(30,4)5)22(36)24(28)37/h7-11,18-20,22-25,35-37,39H,1,12-14H2,2-6H3/t18-,19-,20?,22+,23-,24+,25-,28+,29-,30+/m0/s1. The molecular weight excluding hydrogens is 637 g/mol. The minimum Gasteiger partial charge on any atom is -0.487 e. The van der Waals surface area contributed by atoms with Crippen LogP contribution in [0.4, 0.5) is 13.2 Å². The molecule has 4 aliphatic rings. The van der Waals surface area contributed by atoms with E-state index in [9.17, 15) is 46.8 Å². The Bertz CT molecular complexity index is 1540. The Balaban J connectivity index is 1.84. The molecule has 0 amide bonds. The summed E-state index contributed by atoms with van der Waals surface area (Å²) < 4.78 is 89.1. The van der Waals surface area contributed by atoms with Gasteiger partial charge in [-0.1, -0.05) is 45.5 Å². The fourth-order valence-electron chi connectivity index (χ4n) is 8.27. The van der Waals surface area contributed by atoms with Gasteiger partial charge in [0.25, 0.3) is 0 Å². The van der Waals surface area contributed by atoms with Crippen LogP contribution in [-0.4, -0.2) is 94.8 Å². The van der Waals surface area contributed by atoms with Crippen LogP contribution in [0.25, 0.3) is 0 Å². The van der Waals surface area contributed by atoms with Gasteiger partial charge in [0.1, 0.15) is 23.9 Å². The van der Waals surface area contributed by atoms with Gasteiger partial charge in [0.15, 0.2) is 5.60 Å². The number of allylic oxidation sites excluding steroid dienone is 1. The molecule has 1 aromatic carbocycles. The number of benzene rings is 1. The van der Waals surface area contributed by atoms with E-state index in [1.807, 2.05) is 0 Å². The number of ether oxygens (including phenoxy) is 3. The van der Waals surface area contributed by atoms with E-state index >= 15 is 0 Å². The highest BCUT2D eigenvalue weighted by Crippen LogP contribution is 2.65.